The van der Waals surface area contributed by atoms with E-state index >= 15 is 0 Å². The number of pyridine rings is 1. The van der Waals surface area contributed by atoms with Gasteiger partial charge in [-0.15, -0.1) is 11.3 Å². The van der Waals surface area contributed by atoms with Gasteiger partial charge >= 0.3 is 0 Å². The Morgan fingerprint density at radius 1 is 1.38 bits per heavy atom. The number of aromatic nitrogens is 1. The number of nitrogens with one attached hydrogen (secondary N) is 1. The van der Waals surface area contributed by atoms with Gasteiger partial charge in [0.05, 0.1) is 10.6 Å². The number of fused-ring (bicyclic) bond motifs is 1. The van der Waals surface area contributed by atoms with E-state index in [0.717, 1.165) is 24.8 Å². The van der Waals surface area contributed by atoms with E-state index in [9.17, 15) is 10.1 Å². The van der Waals surface area contributed by atoms with Crippen molar-refractivity contribution in [3.8, 4) is 6.07 Å². The van der Waals surface area contributed by atoms with Crippen molar-refractivity contribution in [1.29, 1.82) is 5.26 Å². The maximum absolute atomic E-state index is 12.3. The van der Waals surface area contributed by atoms with Gasteiger partial charge in [0.2, 0.25) is 0 Å². The van der Waals surface area contributed by atoms with Gasteiger partial charge in [-0.05, 0) is 37.0 Å². The standard InChI is InChI=1S/C14H9Cl2N3OS/c15-9-4-5-11(16)18-12(9)13(20)19-14-8(6-17)7-2-1-3-10(7)21-14/h4-5H,1-3H2,(H,19,20). The lowest BCUT2D eigenvalue weighted by Gasteiger charge is -2.05. The van der Waals surface area contributed by atoms with E-state index in [-0.39, 0.29) is 15.9 Å². The first-order valence-corrected chi connectivity index (χ1v) is 7.85. The molecule has 106 valence electrons. The lowest BCUT2D eigenvalue weighted by atomic mass is 10.1. The summed E-state index contributed by atoms with van der Waals surface area (Å²) in [5.41, 5.74) is 1.67. The van der Waals surface area contributed by atoms with Gasteiger partial charge in [0.1, 0.15) is 21.9 Å². The van der Waals surface area contributed by atoms with Gasteiger partial charge in [0, 0.05) is 4.88 Å². The molecule has 0 saturated heterocycles. The lowest BCUT2D eigenvalue weighted by molar-refractivity contribution is 0.102. The Kier molecular flexibility index (Phi) is 3.85. The summed E-state index contributed by atoms with van der Waals surface area (Å²) in [6, 6.07) is 5.21. The molecule has 0 saturated carbocycles. The van der Waals surface area contributed by atoms with E-state index in [2.05, 4.69) is 16.4 Å². The van der Waals surface area contributed by atoms with E-state index in [1.54, 1.807) is 0 Å². The maximum atomic E-state index is 12.3. The predicted molar refractivity (Wildman–Crippen MR) is 83.3 cm³/mol. The zero-order valence-electron chi connectivity index (χ0n) is 10.7. The second-order valence-corrected chi connectivity index (χ2v) is 6.49. The number of hydrogen-bond donors (Lipinski definition) is 1. The van der Waals surface area contributed by atoms with Gasteiger partial charge in [-0.1, -0.05) is 23.2 Å². The Balaban J connectivity index is 1.92. The third-order valence-electron chi connectivity index (χ3n) is 3.29. The molecule has 0 radical (unpaired) electrons. The number of carbonyl (C=O) groups excluding carboxylic acids is 1. The number of nitriles is 1. The number of rotatable bonds is 2. The predicted octanol–water partition coefficient (Wildman–Crippen LogP) is 4.06. The average molecular weight is 338 g/mol. The maximum Gasteiger partial charge on any atom is 0.276 e. The summed E-state index contributed by atoms with van der Waals surface area (Å²) >= 11 is 13.2. The summed E-state index contributed by atoms with van der Waals surface area (Å²) in [6.45, 7) is 0. The van der Waals surface area contributed by atoms with Crippen LogP contribution in [0.2, 0.25) is 10.2 Å². The molecule has 1 amide bonds. The zero-order chi connectivity index (χ0) is 15.0. The van der Waals surface area contributed by atoms with Crippen molar-refractivity contribution < 1.29 is 4.79 Å². The molecule has 1 aliphatic carbocycles. The summed E-state index contributed by atoms with van der Waals surface area (Å²) in [5.74, 6) is -0.459. The molecule has 0 fully saturated rings. The summed E-state index contributed by atoms with van der Waals surface area (Å²) < 4.78 is 0. The van der Waals surface area contributed by atoms with Crippen LogP contribution in [-0.2, 0) is 12.8 Å². The van der Waals surface area contributed by atoms with Crippen molar-refractivity contribution in [1.82, 2.24) is 4.98 Å². The van der Waals surface area contributed by atoms with Crippen LogP contribution in [0, 0.1) is 11.3 Å². The third kappa shape index (κ3) is 2.62. The summed E-state index contributed by atoms with van der Waals surface area (Å²) in [5, 5.41) is 13.0. The van der Waals surface area contributed by atoms with Gasteiger partial charge in [-0.3, -0.25) is 4.79 Å². The van der Waals surface area contributed by atoms with Crippen molar-refractivity contribution >= 4 is 45.4 Å². The highest BCUT2D eigenvalue weighted by atomic mass is 35.5. The van der Waals surface area contributed by atoms with E-state index in [1.165, 1.54) is 28.3 Å². The van der Waals surface area contributed by atoms with Crippen LogP contribution in [-0.4, -0.2) is 10.9 Å². The fourth-order valence-electron chi connectivity index (χ4n) is 2.35. The molecule has 1 aliphatic rings. The molecule has 2 aromatic heterocycles. The second kappa shape index (κ2) is 5.64. The Labute approximate surface area is 135 Å². The highest BCUT2D eigenvalue weighted by molar-refractivity contribution is 7.16. The number of hydrogen-bond acceptors (Lipinski definition) is 4. The fourth-order valence-corrected chi connectivity index (χ4v) is 3.92. The number of nitrogens with zero attached hydrogens (tertiary/aromatic N) is 2. The third-order valence-corrected chi connectivity index (χ3v) is 5.01. The van der Waals surface area contributed by atoms with Crippen LogP contribution in [0.25, 0.3) is 0 Å². The second-order valence-electron chi connectivity index (χ2n) is 4.59. The molecule has 0 aromatic carbocycles. The lowest BCUT2D eigenvalue weighted by Crippen LogP contribution is -2.14. The molecule has 4 nitrogen and oxygen atoms in total. The minimum atomic E-state index is -0.459. The van der Waals surface area contributed by atoms with Crippen molar-refractivity contribution in [3.05, 3.63) is 44.0 Å². The van der Waals surface area contributed by atoms with E-state index < -0.39 is 5.91 Å². The van der Waals surface area contributed by atoms with Crippen molar-refractivity contribution in [3.63, 3.8) is 0 Å². The molecule has 1 N–H and O–H groups in total. The molecule has 0 spiro atoms. The molecule has 0 unspecified atom stereocenters. The molecule has 3 rings (SSSR count). The average Bonchev–Trinajstić information content (AvgIpc) is 3.01. The molecule has 2 heterocycles. The minimum Gasteiger partial charge on any atom is -0.311 e. The number of amides is 1. The van der Waals surface area contributed by atoms with Crippen LogP contribution in [0.15, 0.2) is 12.1 Å². The first-order valence-electron chi connectivity index (χ1n) is 6.28. The van der Waals surface area contributed by atoms with Crippen LogP contribution in [0.5, 0.6) is 0 Å². The van der Waals surface area contributed by atoms with Crippen LogP contribution in [0.4, 0.5) is 5.00 Å². The molecule has 7 heteroatoms. The van der Waals surface area contributed by atoms with Crippen LogP contribution in [0.3, 0.4) is 0 Å². The largest absolute Gasteiger partial charge is 0.311 e. The molecule has 21 heavy (non-hydrogen) atoms. The quantitative estimate of drug-likeness (QED) is 0.840. The van der Waals surface area contributed by atoms with Gasteiger partial charge in [0.15, 0.2) is 0 Å². The highest BCUT2D eigenvalue weighted by Crippen LogP contribution is 2.38. The van der Waals surface area contributed by atoms with E-state index in [1.807, 2.05) is 0 Å². The summed E-state index contributed by atoms with van der Waals surface area (Å²) in [4.78, 5) is 17.4. The van der Waals surface area contributed by atoms with Gasteiger partial charge in [-0.25, -0.2) is 4.98 Å². The van der Waals surface area contributed by atoms with Crippen LogP contribution < -0.4 is 5.32 Å². The van der Waals surface area contributed by atoms with Crippen molar-refractivity contribution in [2.24, 2.45) is 0 Å². The smallest absolute Gasteiger partial charge is 0.276 e. The normalized spacial score (nSPS) is 12.8. The first kappa shape index (κ1) is 14.3. The van der Waals surface area contributed by atoms with E-state index in [4.69, 9.17) is 23.2 Å². The zero-order valence-corrected chi connectivity index (χ0v) is 13.1. The number of aryl methyl sites for hydroxylation is 1. The topological polar surface area (TPSA) is 65.8 Å². The Morgan fingerprint density at radius 3 is 2.95 bits per heavy atom. The summed E-state index contributed by atoms with van der Waals surface area (Å²) in [6.07, 6.45) is 2.91. The number of thiophene rings is 1. The molecular weight excluding hydrogens is 329 g/mol. The molecule has 0 atom stereocenters. The molecule has 0 bridgehead atoms. The number of anilines is 1. The SMILES string of the molecule is N#Cc1c(NC(=O)c2nc(Cl)ccc2Cl)sc2c1CCC2. The van der Waals surface area contributed by atoms with Gasteiger partial charge in [0.25, 0.3) is 5.91 Å². The number of carbonyl (C=O) groups is 1. The van der Waals surface area contributed by atoms with Gasteiger partial charge in [-0.2, -0.15) is 5.26 Å². The van der Waals surface area contributed by atoms with Crippen molar-refractivity contribution in [2.75, 3.05) is 5.32 Å². The van der Waals surface area contributed by atoms with Crippen LogP contribution >= 0.6 is 34.5 Å². The Hall–Kier alpha value is -1.61. The molecule has 2 aromatic rings. The van der Waals surface area contributed by atoms with Crippen LogP contribution in [0.1, 0.15) is 32.9 Å². The highest BCUT2D eigenvalue weighted by Gasteiger charge is 2.24. The Morgan fingerprint density at radius 2 is 2.19 bits per heavy atom. The molecule has 0 aliphatic heterocycles. The fraction of sp³-hybridized carbons (Fsp3) is 0.214. The number of halogens is 2. The monoisotopic (exact) mass is 337 g/mol. The van der Waals surface area contributed by atoms with Gasteiger partial charge < -0.3 is 5.32 Å². The van der Waals surface area contributed by atoms with E-state index in [0.29, 0.717) is 10.6 Å². The summed E-state index contributed by atoms with van der Waals surface area (Å²) in [7, 11) is 0. The first-order chi connectivity index (χ1) is 10.1. The Bertz CT molecular complexity index is 779. The van der Waals surface area contributed by atoms with Crippen molar-refractivity contribution in [2.45, 2.75) is 19.3 Å². The molecular formula is C14H9Cl2N3OS. The minimum absolute atomic E-state index is 0.0571.